The number of rotatable bonds is 4. The Labute approximate surface area is 197 Å². The van der Waals surface area contributed by atoms with Crippen molar-refractivity contribution in [2.75, 3.05) is 5.32 Å². The highest BCUT2D eigenvalue weighted by molar-refractivity contribution is 5.87. The molecule has 1 unspecified atom stereocenters. The first-order valence-corrected chi connectivity index (χ1v) is 10.7. The lowest BCUT2D eigenvalue weighted by molar-refractivity contribution is -0.136. The second-order valence-corrected chi connectivity index (χ2v) is 8.02. The maximum absolute atomic E-state index is 13.8. The Morgan fingerprint density at radius 3 is 2.60 bits per heavy atom. The standard InChI is InChI=1S/C25H17F3N6O/c1-14(33-23-21-16(11-29)12-30-22(21)31-13-32-23)19-10-15-6-5-9-18(25(26,27)28)20(15)24(35)34(19)17-7-3-2-4-8-17/h2-10,12-14,16H,1H3,(H,31,32,33)/t14-,16?/m0/s1. The molecule has 2 aromatic heterocycles. The van der Waals surface area contributed by atoms with E-state index in [4.69, 9.17) is 0 Å². The quantitative estimate of drug-likeness (QED) is 0.433. The zero-order chi connectivity index (χ0) is 24.7. The minimum Gasteiger partial charge on any atom is -0.362 e. The third-order valence-electron chi connectivity index (χ3n) is 5.85. The van der Waals surface area contributed by atoms with Crippen LogP contribution in [0.2, 0.25) is 0 Å². The Morgan fingerprint density at radius 2 is 1.89 bits per heavy atom. The molecule has 10 heteroatoms. The molecule has 0 fully saturated rings. The van der Waals surface area contributed by atoms with Gasteiger partial charge in [0.05, 0.1) is 28.6 Å². The molecule has 0 radical (unpaired) electrons. The molecule has 174 valence electrons. The molecule has 2 atom stereocenters. The summed E-state index contributed by atoms with van der Waals surface area (Å²) in [5.41, 5.74) is -0.412. The van der Waals surface area contributed by atoms with Crippen molar-refractivity contribution in [2.24, 2.45) is 4.99 Å². The van der Waals surface area contributed by atoms with Gasteiger partial charge in [-0.1, -0.05) is 30.3 Å². The number of hydrogen-bond acceptors (Lipinski definition) is 6. The number of halogens is 3. The minimum atomic E-state index is -4.69. The topological polar surface area (TPSA) is 96.0 Å². The summed E-state index contributed by atoms with van der Waals surface area (Å²) in [6.07, 6.45) is -1.90. The number of nitrogens with zero attached hydrogens (tertiary/aromatic N) is 5. The molecule has 1 aliphatic rings. The van der Waals surface area contributed by atoms with Crippen LogP contribution in [0.5, 0.6) is 0 Å². The van der Waals surface area contributed by atoms with Gasteiger partial charge in [0.2, 0.25) is 0 Å². The normalized spacial score (nSPS) is 15.6. The average Bonchev–Trinajstić information content (AvgIpc) is 3.28. The molecule has 0 amide bonds. The summed E-state index contributed by atoms with van der Waals surface area (Å²) < 4.78 is 42.6. The fraction of sp³-hybridized carbons (Fsp3) is 0.160. The average molecular weight is 474 g/mol. The molecule has 1 aliphatic heterocycles. The first-order valence-electron chi connectivity index (χ1n) is 10.7. The van der Waals surface area contributed by atoms with Crippen LogP contribution >= 0.6 is 0 Å². The monoisotopic (exact) mass is 474 g/mol. The highest BCUT2D eigenvalue weighted by Crippen LogP contribution is 2.37. The summed E-state index contributed by atoms with van der Waals surface area (Å²) in [7, 11) is 0. The van der Waals surface area contributed by atoms with E-state index in [2.05, 4.69) is 26.3 Å². The SMILES string of the molecule is C[C@H](Nc1ncnc2c1C(C#N)C=N2)c1cc2cccc(C(F)(F)F)c2c(=O)n1-c1ccccc1. The van der Waals surface area contributed by atoms with Crippen LogP contribution in [0.1, 0.15) is 35.7 Å². The molecule has 5 rings (SSSR count). The number of para-hydroxylation sites is 1. The van der Waals surface area contributed by atoms with E-state index in [0.717, 1.165) is 6.07 Å². The number of aromatic nitrogens is 3. The molecule has 0 aliphatic carbocycles. The van der Waals surface area contributed by atoms with Crippen LogP contribution in [0.3, 0.4) is 0 Å². The lowest BCUT2D eigenvalue weighted by Gasteiger charge is -2.23. The lowest BCUT2D eigenvalue weighted by atomic mass is 10.0. The van der Waals surface area contributed by atoms with E-state index in [1.54, 1.807) is 43.3 Å². The van der Waals surface area contributed by atoms with Crippen molar-refractivity contribution >= 4 is 28.6 Å². The molecule has 7 nitrogen and oxygen atoms in total. The first kappa shape index (κ1) is 22.3. The van der Waals surface area contributed by atoms with E-state index in [1.165, 1.54) is 29.2 Å². The van der Waals surface area contributed by atoms with Crippen LogP contribution in [0.25, 0.3) is 16.5 Å². The zero-order valence-electron chi connectivity index (χ0n) is 18.3. The van der Waals surface area contributed by atoms with Gasteiger partial charge in [0.1, 0.15) is 18.1 Å². The second kappa shape index (κ2) is 8.36. The number of hydrogen-bond donors (Lipinski definition) is 1. The van der Waals surface area contributed by atoms with Crippen molar-refractivity contribution in [3.05, 3.63) is 88.1 Å². The Hall–Kier alpha value is -4.52. The number of anilines is 1. The van der Waals surface area contributed by atoms with Gasteiger partial charge in [-0.25, -0.2) is 15.0 Å². The summed E-state index contributed by atoms with van der Waals surface area (Å²) >= 11 is 0. The van der Waals surface area contributed by atoms with Crippen LogP contribution in [0.4, 0.5) is 24.8 Å². The van der Waals surface area contributed by atoms with E-state index in [-0.39, 0.29) is 5.39 Å². The van der Waals surface area contributed by atoms with E-state index < -0.39 is 34.6 Å². The first-order chi connectivity index (χ1) is 16.8. The summed E-state index contributed by atoms with van der Waals surface area (Å²) in [6.45, 7) is 1.76. The van der Waals surface area contributed by atoms with Crippen molar-refractivity contribution in [1.82, 2.24) is 14.5 Å². The van der Waals surface area contributed by atoms with Gasteiger partial charge in [-0.15, -0.1) is 0 Å². The van der Waals surface area contributed by atoms with Crippen molar-refractivity contribution in [3.8, 4) is 11.8 Å². The fourth-order valence-corrected chi connectivity index (χ4v) is 4.27. The molecular weight excluding hydrogens is 457 g/mol. The maximum atomic E-state index is 13.8. The van der Waals surface area contributed by atoms with Gasteiger partial charge >= 0.3 is 6.18 Å². The Morgan fingerprint density at radius 1 is 1.11 bits per heavy atom. The maximum Gasteiger partial charge on any atom is 0.417 e. The van der Waals surface area contributed by atoms with Crippen LogP contribution in [-0.4, -0.2) is 20.7 Å². The Bertz CT molecular complexity index is 1570. The third-order valence-corrected chi connectivity index (χ3v) is 5.85. The van der Waals surface area contributed by atoms with Crippen molar-refractivity contribution in [2.45, 2.75) is 25.1 Å². The lowest BCUT2D eigenvalue weighted by Crippen LogP contribution is -2.27. The smallest absolute Gasteiger partial charge is 0.362 e. The number of nitriles is 1. The molecule has 0 saturated heterocycles. The van der Waals surface area contributed by atoms with E-state index in [9.17, 15) is 23.2 Å². The largest absolute Gasteiger partial charge is 0.417 e. The molecule has 4 aromatic rings. The number of fused-ring (bicyclic) bond motifs is 2. The molecule has 35 heavy (non-hydrogen) atoms. The number of nitrogens with one attached hydrogen (secondary N) is 1. The van der Waals surface area contributed by atoms with Gasteiger partial charge in [0.25, 0.3) is 5.56 Å². The number of aliphatic imine (C=N–C) groups is 1. The van der Waals surface area contributed by atoms with Crippen molar-refractivity contribution in [3.63, 3.8) is 0 Å². The third kappa shape index (κ3) is 3.81. The van der Waals surface area contributed by atoms with Gasteiger partial charge in [-0.3, -0.25) is 9.36 Å². The molecule has 0 spiro atoms. The number of pyridine rings is 1. The van der Waals surface area contributed by atoms with E-state index in [0.29, 0.717) is 28.6 Å². The Kier molecular flexibility index (Phi) is 5.32. The number of alkyl halides is 3. The van der Waals surface area contributed by atoms with Crippen molar-refractivity contribution < 1.29 is 13.2 Å². The summed E-state index contributed by atoms with van der Waals surface area (Å²) in [5.74, 6) is 0.0981. The molecule has 2 aromatic carbocycles. The highest BCUT2D eigenvalue weighted by atomic mass is 19.4. The fourth-order valence-electron chi connectivity index (χ4n) is 4.27. The van der Waals surface area contributed by atoms with E-state index in [1.807, 2.05) is 0 Å². The molecule has 3 heterocycles. The molecular formula is C25H17F3N6O. The van der Waals surface area contributed by atoms with Crippen LogP contribution < -0.4 is 10.9 Å². The van der Waals surface area contributed by atoms with Gasteiger partial charge in [0, 0.05) is 17.6 Å². The molecule has 1 N–H and O–H groups in total. The highest BCUT2D eigenvalue weighted by Gasteiger charge is 2.34. The summed E-state index contributed by atoms with van der Waals surface area (Å²) in [6, 6.07) is 15.3. The Balaban J connectivity index is 1.71. The van der Waals surface area contributed by atoms with Gasteiger partial charge in [-0.05, 0) is 36.6 Å². The predicted molar refractivity (Wildman–Crippen MR) is 125 cm³/mol. The minimum absolute atomic E-state index is 0.173. The predicted octanol–water partition coefficient (Wildman–Crippen LogP) is 5.30. The van der Waals surface area contributed by atoms with Crippen LogP contribution in [0.15, 0.2) is 70.7 Å². The van der Waals surface area contributed by atoms with Gasteiger partial charge in [0.15, 0.2) is 5.82 Å². The zero-order valence-corrected chi connectivity index (χ0v) is 18.3. The van der Waals surface area contributed by atoms with Crippen LogP contribution in [-0.2, 0) is 6.18 Å². The summed E-state index contributed by atoms with van der Waals surface area (Å²) in [5, 5.41) is 12.4. The number of benzene rings is 2. The van der Waals surface area contributed by atoms with E-state index >= 15 is 0 Å². The van der Waals surface area contributed by atoms with Crippen molar-refractivity contribution in [1.29, 1.82) is 5.26 Å². The molecule has 0 bridgehead atoms. The summed E-state index contributed by atoms with van der Waals surface area (Å²) in [4.78, 5) is 26.1. The van der Waals surface area contributed by atoms with Gasteiger partial charge in [-0.2, -0.15) is 18.4 Å². The second-order valence-electron chi connectivity index (χ2n) is 8.02. The molecule has 0 saturated carbocycles. The van der Waals surface area contributed by atoms with Crippen LogP contribution in [0, 0.1) is 11.3 Å². The van der Waals surface area contributed by atoms with Gasteiger partial charge < -0.3 is 5.32 Å².